The second-order valence-electron chi connectivity index (χ2n) is 4.91. The molecule has 1 rings (SSSR count). The molecular formula is C12H26N2. The van der Waals surface area contributed by atoms with Gasteiger partial charge in [0.2, 0.25) is 0 Å². The lowest BCUT2D eigenvalue weighted by Crippen LogP contribution is -2.30. The van der Waals surface area contributed by atoms with E-state index in [-0.39, 0.29) is 0 Å². The second kappa shape index (κ2) is 6.41. The summed E-state index contributed by atoms with van der Waals surface area (Å²) >= 11 is 0. The van der Waals surface area contributed by atoms with Gasteiger partial charge in [-0.1, -0.05) is 0 Å². The summed E-state index contributed by atoms with van der Waals surface area (Å²) in [4.78, 5) is 2.45. The highest BCUT2D eigenvalue weighted by molar-refractivity contribution is 4.69. The van der Waals surface area contributed by atoms with E-state index in [4.69, 9.17) is 0 Å². The fourth-order valence-electron chi connectivity index (χ4n) is 2.06. The highest BCUT2D eigenvalue weighted by Crippen LogP contribution is 2.17. The van der Waals surface area contributed by atoms with E-state index in [1.54, 1.807) is 0 Å². The molecule has 84 valence electrons. The first-order chi connectivity index (χ1) is 6.70. The molecule has 0 unspecified atom stereocenters. The highest BCUT2D eigenvalue weighted by atomic mass is 15.1. The van der Waals surface area contributed by atoms with E-state index in [0.29, 0.717) is 6.04 Å². The molecule has 2 nitrogen and oxygen atoms in total. The summed E-state index contributed by atoms with van der Waals surface area (Å²) in [7, 11) is 2.23. The van der Waals surface area contributed by atoms with Crippen molar-refractivity contribution in [3.63, 3.8) is 0 Å². The Balaban J connectivity index is 2.02. The van der Waals surface area contributed by atoms with Crippen LogP contribution in [0.3, 0.4) is 0 Å². The lowest BCUT2D eigenvalue weighted by atomic mass is 9.93. The van der Waals surface area contributed by atoms with Gasteiger partial charge < -0.3 is 10.2 Å². The van der Waals surface area contributed by atoms with Gasteiger partial charge in [0.1, 0.15) is 0 Å². The summed E-state index contributed by atoms with van der Waals surface area (Å²) in [5.74, 6) is 0.997. The van der Waals surface area contributed by atoms with E-state index >= 15 is 0 Å². The Morgan fingerprint density at radius 1 is 1.29 bits per heavy atom. The molecule has 0 spiro atoms. The minimum Gasteiger partial charge on any atom is -0.317 e. The maximum atomic E-state index is 3.42. The molecule has 0 atom stereocenters. The number of rotatable bonds is 5. The van der Waals surface area contributed by atoms with Crippen LogP contribution in [0.2, 0.25) is 0 Å². The number of nitrogens with one attached hydrogen (secondary N) is 1. The number of nitrogens with zero attached hydrogens (tertiary/aromatic N) is 1. The Morgan fingerprint density at radius 3 is 2.50 bits per heavy atom. The van der Waals surface area contributed by atoms with Gasteiger partial charge in [-0.15, -0.1) is 0 Å². The second-order valence-corrected chi connectivity index (χ2v) is 4.91. The van der Waals surface area contributed by atoms with Gasteiger partial charge in [-0.25, -0.2) is 0 Å². The van der Waals surface area contributed by atoms with Gasteiger partial charge in [-0.2, -0.15) is 0 Å². The van der Waals surface area contributed by atoms with Crippen LogP contribution in [-0.4, -0.2) is 37.6 Å². The molecule has 0 aromatic rings. The van der Waals surface area contributed by atoms with Crippen LogP contribution in [0.5, 0.6) is 0 Å². The van der Waals surface area contributed by atoms with Crippen LogP contribution in [-0.2, 0) is 0 Å². The predicted octanol–water partition coefficient (Wildman–Crippen LogP) is 2.11. The number of piperidine rings is 1. The Bertz CT molecular complexity index is 139. The summed E-state index contributed by atoms with van der Waals surface area (Å²) in [5, 5.41) is 3.42. The first-order valence-electron chi connectivity index (χ1n) is 6.11. The van der Waals surface area contributed by atoms with Gasteiger partial charge in [0.15, 0.2) is 0 Å². The van der Waals surface area contributed by atoms with E-state index in [1.165, 1.54) is 45.3 Å². The normalized spacial score (nSPS) is 19.5. The maximum absolute atomic E-state index is 3.42. The first kappa shape index (κ1) is 12.0. The molecule has 0 aliphatic carbocycles. The average Bonchev–Trinajstić information content (AvgIpc) is 2.19. The molecule has 0 radical (unpaired) electrons. The molecule has 0 aromatic carbocycles. The monoisotopic (exact) mass is 198 g/mol. The third-order valence-corrected chi connectivity index (χ3v) is 3.46. The minimum absolute atomic E-state index is 0.697. The van der Waals surface area contributed by atoms with Crippen LogP contribution in [0.15, 0.2) is 0 Å². The molecule has 1 saturated heterocycles. The SMILES string of the molecule is CC(C)N(C)CCCC1CCNCC1. The van der Waals surface area contributed by atoms with Gasteiger partial charge in [-0.05, 0) is 72.1 Å². The average molecular weight is 198 g/mol. The van der Waals surface area contributed by atoms with Crippen molar-refractivity contribution < 1.29 is 0 Å². The van der Waals surface area contributed by atoms with Crippen LogP contribution in [0.1, 0.15) is 39.5 Å². The molecule has 1 aliphatic heterocycles. The molecule has 0 bridgehead atoms. The molecule has 1 aliphatic rings. The minimum atomic E-state index is 0.697. The Kier molecular flexibility index (Phi) is 5.49. The fourth-order valence-corrected chi connectivity index (χ4v) is 2.06. The molecule has 0 amide bonds. The zero-order valence-corrected chi connectivity index (χ0v) is 10.1. The van der Waals surface area contributed by atoms with Gasteiger partial charge in [0.25, 0.3) is 0 Å². The topological polar surface area (TPSA) is 15.3 Å². The van der Waals surface area contributed by atoms with E-state index in [1.807, 2.05) is 0 Å². The van der Waals surface area contributed by atoms with Crippen molar-refractivity contribution in [2.45, 2.75) is 45.6 Å². The lowest BCUT2D eigenvalue weighted by molar-refractivity contribution is 0.251. The molecule has 1 heterocycles. The van der Waals surface area contributed by atoms with E-state index < -0.39 is 0 Å². The van der Waals surface area contributed by atoms with Crippen LogP contribution in [0.25, 0.3) is 0 Å². The van der Waals surface area contributed by atoms with Gasteiger partial charge >= 0.3 is 0 Å². The summed E-state index contributed by atoms with van der Waals surface area (Å²) in [6.45, 7) is 8.28. The van der Waals surface area contributed by atoms with Crippen molar-refractivity contribution >= 4 is 0 Å². The Hall–Kier alpha value is -0.0800. The Morgan fingerprint density at radius 2 is 1.93 bits per heavy atom. The third-order valence-electron chi connectivity index (χ3n) is 3.46. The number of hydrogen-bond acceptors (Lipinski definition) is 2. The van der Waals surface area contributed by atoms with Gasteiger partial charge in [0, 0.05) is 6.04 Å². The quantitative estimate of drug-likeness (QED) is 0.728. The molecule has 1 N–H and O–H groups in total. The van der Waals surface area contributed by atoms with Crippen molar-refractivity contribution in [3.05, 3.63) is 0 Å². The van der Waals surface area contributed by atoms with Gasteiger partial charge in [0.05, 0.1) is 0 Å². The molecule has 2 heteroatoms. The predicted molar refractivity (Wildman–Crippen MR) is 62.6 cm³/mol. The standard InChI is InChI=1S/C12H26N2/c1-11(2)14(3)10-4-5-12-6-8-13-9-7-12/h11-13H,4-10H2,1-3H3. The van der Waals surface area contributed by atoms with Crippen molar-refractivity contribution in [2.75, 3.05) is 26.7 Å². The zero-order valence-electron chi connectivity index (χ0n) is 10.1. The van der Waals surface area contributed by atoms with Crippen LogP contribution in [0, 0.1) is 5.92 Å². The zero-order chi connectivity index (χ0) is 10.4. The first-order valence-corrected chi connectivity index (χ1v) is 6.11. The summed E-state index contributed by atoms with van der Waals surface area (Å²) in [6, 6.07) is 0.697. The smallest absolute Gasteiger partial charge is 0.00355 e. The summed E-state index contributed by atoms with van der Waals surface area (Å²) in [5.41, 5.74) is 0. The Labute approximate surface area is 89.1 Å². The van der Waals surface area contributed by atoms with Crippen LogP contribution in [0.4, 0.5) is 0 Å². The van der Waals surface area contributed by atoms with Crippen molar-refractivity contribution in [2.24, 2.45) is 5.92 Å². The van der Waals surface area contributed by atoms with E-state index in [2.05, 4.69) is 31.1 Å². The van der Waals surface area contributed by atoms with Crippen molar-refractivity contribution in [1.82, 2.24) is 10.2 Å². The number of hydrogen-bond donors (Lipinski definition) is 1. The van der Waals surface area contributed by atoms with E-state index in [9.17, 15) is 0 Å². The van der Waals surface area contributed by atoms with Crippen molar-refractivity contribution in [1.29, 1.82) is 0 Å². The molecular weight excluding hydrogens is 172 g/mol. The molecule has 14 heavy (non-hydrogen) atoms. The van der Waals surface area contributed by atoms with Crippen LogP contribution >= 0.6 is 0 Å². The largest absolute Gasteiger partial charge is 0.317 e. The van der Waals surface area contributed by atoms with Gasteiger partial charge in [-0.3, -0.25) is 0 Å². The molecule has 1 fully saturated rings. The van der Waals surface area contributed by atoms with E-state index in [0.717, 1.165) is 5.92 Å². The third kappa shape index (κ3) is 4.43. The van der Waals surface area contributed by atoms with Crippen molar-refractivity contribution in [3.8, 4) is 0 Å². The maximum Gasteiger partial charge on any atom is 0.00355 e. The molecule has 0 aromatic heterocycles. The fraction of sp³-hybridized carbons (Fsp3) is 1.00. The lowest BCUT2D eigenvalue weighted by Gasteiger charge is -2.25. The summed E-state index contributed by atoms with van der Waals surface area (Å²) < 4.78 is 0. The molecule has 0 saturated carbocycles. The highest BCUT2D eigenvalue weighted by Gasteiger charge is 2.12. The van der Waals surface area contributed by atoms with Crippen LogP contribution < -0.4 is 5.32 Å². The summed E-state index contributed by atoms with van der Waals surface area (Å²) in [6.07, 6.45) is 5.59.